The van der Waals surface area contributed by atoms with Crippen LogP contribution in [-0.2, 0) is 6.54 Å². The van der Waals surface area contributed by atoms with E-state index in [-0.39, 0.29) is 0 Å². The molecule has 1 saturated carbocycles. The maximum atomic E-state index is 4.68. The van der Waals surface area contributed by atoms with Crippen LogP contribution in [0.25, 0.3) is 0 Å². The third-order valence-electron chi connectivity index (χ3n) is 5.72. The van der Waals surface area contributed by atoms with Crippen molar-refractivity contribution in [2.75, 3.05) is 31.1 Å². The molecule has 0 radical (unpaired) electrons. The number of anilines is 1. The van der Waals surface area contributed by atoms with Gasteiger partial charge in [-0.3, -0.25) is 9.88 Å². The second kappa shape index (κ2) is 8.12. The number of pyridine rings is 1. The van der Waals surface area contributed by atoms with E-state index in [1.165, 1.54) is 43.4 Å². The lowest BCUT2D eigenvalue weighted by Gasteiger charge is -2.36. The van der Waals surface area contributed by atoms with Crippen LogP contribution in [-0.4, -0.2) is 46.0 Å². The summed E-state index contributed by atoms with van der Waals surface area (Å²) in [5.41, 5.74) is 3.61. The number of aryl methyl sites for hydroxylation is 1. The van der Waals surface area contributed by atoms with Crippen molar-refractivity contribution in [1.29, 1.82) is 0 Å². The molecule has 1 aliphatic carbocycles. The number of hydrogen-bond acceptors (Lipinski definition) is 5. The normalized spacial score (nSPS) is 19.7. The molecule has 2 aromatic rings. The zero-order valence-electron chi connectivity index (χ0n) is 15.8. The quantitative estimate of drug-likeness (QED) is 0.843. The molecule has 5 heteroatoms. The largest absolute Gasteiger partial charge is 0.369 e. The maximum absolute atomic E-state index is 4.68. The summed E-state index contributed by atoms with van der Waals surface area (Å²) in [6.45, 7) is 7.28. The molecule has 0 unspecified atom stereocenters. The van der Waals surface area contributed by atoms with E-state index in [0.717, 1.165) is 44.2 Å². The molecule has 2 aliphatic rings. The van der Waals surface area contributed by atoms with Gasteiger partial charge >= 0.3 is 0 Å². The van der Waals surface area contributed by atoms with Crippen LogP contribution in [0.4, 0.5) is 5.69 Å². The highest BCUT2D eigenvalue weighted by molar-refractivity contribution is 5.46. The molecule has 1 aliphatic heterocycles. The first-order valence-corrected chi connectivity index (χ1v) is 9.99. The highest BCUT2D eigenvalue weighted by Crippen LogP contribution is 2.30. The molecular formula is C21H29N5. The van der Waals surface area contributed by atoms with Gasteiger partial charge in [0.15, 0.2) is 0 Å². The Morgan fingerprint density at radius 1 is 0.962 bits per heavy atom. The van der Waals surface area contributed by atoms with Crippen molar-refractivity contribution < 1.29 is 0 Å². The van der Waals surface area contributed by atoms with Crippen LogP contribution in [0.2, 0.25) is 0 Å². The molecule has 138 valence electrons. The zero-order valence-corrected chi connectivity index (χ0v) is 15.8. The van der Waals surface area contributed by atoms with Crippen molar-refractivity contribution in [3.8, 4) is 0 Å². The molecule has 0 N–H and O–H groups in total. The van der Waals surface area contributed by atoms with E-state index in [4.69, 9.17) is 0 Å². The van der Waals surface area contributed by atoms with Gasteiger partial charge in [0.2, 0.25) is 0 Å². The Balaban J connectivity index is 1.30. The van der Waals surface area contributed by atoms with E-state index < -0.39 is 0 Å². The Labute approximate surface area is 156 Å². The van der Waals surface area contributed by atoms with Crippen LogP contribution in [0.3, 0.4) is 0 Å². The molecule has 1 saturated heterocycles. The molecule has 5 nitrogen and oxygen atoms in total. The summed E-state index contributed by atoms with van der Waals surface area (Å²) in [6.07, 6.45) is 12.6. The number of piperazine rings is 1. The fourth-order valence-corrected chi connectivity index (χ4v) is 4.17. The van der Waals surface area contributed by atoms with Gasteiger partial charge in [0.05, 0.1) is 0 Å². The standard InChI is InChI=1S/C21H29N5/c1-17-13-20(7-8-22-17)26-11-9-25(10-12-26)16-18-14-23-21(24-15-18)19-5-3-2-4-6-19/h7-8,13-15,19H,2-6,9-12,16H2,1H3. The Morgan fingerprint density at radius 2 is 1.69 bits per heavy atom. The van der Waals surface area contributed by atoms with Gasteiger partial charge in [-0.25, -0.2) is 9.97 Å². The summed E-state index contributed by atoms with van der Waals surface area (Å²) in [5, 5.41) is 0. The van der Waals surface area contributed by atoms with E-state index in [1.54, 1.807) is 0 Å². The SMILES string of the molecule is Cc1cc(N2CCN(Cc3cnc(C4CCCCC4)nc3)CC2)ccn1. The van der Waals surface area contributed by atoms with Gasteiger partial charge in [-0.1, -0.05) is 19.3 Å². The first kappa shape index (κ1) is 17.4. The van der Waals surface area contributed by atoms with Crippen molar-refractivity contribution in [3.05, 3.63) is 47.8 Å². The van der Waals surface area contributed by atoms with E-state index in [2.05, 4.69) is 56.2 Å². The van der Waals surface area contributed by atoms with Crippen molar-refractivity contribution in [2.45, 2.75) is 51.5 Å². The van der Waals surface area contributed by atoms with Crippen molar-refractivity contribution in [1.82, 2.24) is 19.9 Å². The van der Waals surface area contributed by atoms with Crippen molar-refractivity contribution >= 4 is 5.69 Å². The second-order valence-corrected chi connectivity index (χ2v) is 7.70. The fourth-order valence-electron chi connectivity index (χ4n) is 4.17. The Kier molecular flexibility index (Phi) is 5.44. The lowest BCUT2D eigenvalue weighted by molar-refractivity contribution is 0.249. The third kappa shape index (κ3) is 4.21. The third-order valence-corrected chi connectivity index (χ3v) is 5.72. The number of nitrogens with zero attached hydrogens (tertiary/aromatic N) is 5. The van der Waals surface area contributed by atoms with Crippen LogP contribution in [0, 0.1) is 6.92 Å². The van der Waals surface area contributed by atoms with Crippen LogP contribution in [0.15, 0.2) is 30.7 Å². The van der Waals surface area contributed by atoms with Crippen molar-refractivity contribution in [2.24, 2.45) is 0 Å². The molecule has 26 heavy (non-hydrogen) atoms. The van der Waals surface area contributed by atoms with Gasteiger partial charge in [-0.2, -0.15) is 0 Å². The summed E-state index contributed by atoms with van der Waals surface area (Å²) in [7, 11) is 0. The van der Waals surface area contributed by atoms with Gasteiger partial charge in [-0.05, 0) is 31.9 Å². The highest BCUT2D eigenvalue weighted by Gasteiger charge is 2.20. The average Bonchev–Trinajstić information content (AvgIpc) is 2.70. The second-order valence-electron chi connectivity index (χ2n) is 7.70. The minimum Gasteiger partial charge on any atom is -0.369 e. The zero-order chi connectivity index (χ0) is 17.8. The van der Waals surface area contributed by atoms with Gasteiger partial charge in [0, 0.05) is 74.2 Å². The Morgan fingerprint density at radius 3 is 2.38 bits per heavy atom. The lowest BCUT2D eigenvalue weighted by atomic mass is 9.89. The minimum atomic E-state index is 0.588. The molecule has 0 spiro atoms. The lowest BCUT2D eigenvalue weighted by Crippen LogP contribution is -2.46. The first-order chi connectivity index (χ1) is 12.8. The number of hydrogen-bond donors (Lipinski definition) is 0. The molecule has 3 heterocycles. The number of rotatable bonds is 4. The molecule has 0 aromatic carbocycles. The summed E-state index contributed by atoms with van der Waals surface area (Å²) in [4.78, 5) is 18.6. The van der Waals surface area contributed by atoms with Crippen molar-refractivity contribution in [3.63, 3.8) is 0 Å². The molecule has 2 aromatic heterocycles. The maximum Gasteiger partial charge on any atom is 0.131 e. The molecular weight excluding hydrogens is 322 g/mol. The van der Waals surface area contributed by atoms with Crippen LogP contribution in [0.5, 0.6) is 0 Å². The van der Waals surface area contributed by atoms with Gasteiger partial charge in [0.1, 0.15) is 5.82 Å². The Bertz CT molecular complexity index is 701. The highest BCUT2D eigenvalue weighted by atomic mass is 15.3. The Hall–Kier alpha value is -2.01. The van der Waals surface area contributed by atoms with Gasteiger partial charge in [0.25, 0.3) is 0 Å². The summed E-state index contributed by atoms with van der Waals surface area (Å²) in [5.74, 6) is 1.65. The van der Waals surface area contributed by atoms with Crippen LogP contribution in [0.1, 0.15) is 55.1 Å². The molecule has 2 fully saturated rings. The molecule has 0 amide bonds. The summed E-state index contributed by atoms with van der Waals surface area (Å²) >= 11 is 0. The van der Waals surface area contributed by atoms with Gasteiger partial charge in [-0.15, -0.1) is 0 Å². The van der Waals surface area contributed by atoms with E-state index in [0.29, 0.717) is 5.92 Å². The summed E-state index contributed by atoms with van der Waals surface area (Å²) < 4.78 is 0. The van der Waals surface area contributed by atoms with Crippen LogP contribution >= 0.6 is 0 Å². The topological polar surface area (TPSA) is 45.2 Å². The van der Waals surface area contributed by atoms with Crippen LogP contribution < -0.4 is 4.90 Å². The molecule has 0 atom stereocenters. The minimum absolute atomic E-state index is 0.588. The van der Waals surface area contributed by atoms with E-state index >= 15 is 0 Å². The molecule has 4 rings (SSSR count). The molecule has 0 bridgehead atoms. The first-order valence-electron chi connectivity index (χ1n) is 9.99. The van der Waals surface area contributed by atoms with Gasteiger partial charge < -0.3 is 4.90 Å². The fraction of sp³-hybridized carbons (Fsp3) is 0.571. The number of aromatic nitrogens is 3. The van der Waals surface area contributed by atoms with E-state index in [9.17, 15) is 0 Å². The monoisotopic (exact) mass is 351 g/mol. The predicted octanol–water partition coefficient (Wildman–Crippen LogP) is 3.55. The smallest absolute Gasteiger partial charge is 0.131 e. The summed E-state index contributed by atoms with van der Waals surface area (Å²) in [6, 6.07) is 4.29. The predicted molar refractivity (Wildman–Crippen MR) is 104 cm³/mol. The van der Waals surface area contributed by atoms with E-state index in [1.807, 2.05) is 6.20 Å². The average molecular weight is 351 g/mol.